The summed E-state index contributed by atoms with van der Waals surface area (Å²) in [5.74, 6) is 0.351. The average Bonchev–Trinajstić information content (AvgIpc) is 3.01. The predicted molar refractivity (Wildman–Crippen MR) is 165 cm³/mol. The van der Waals surface area contributed by atoms with Crippen molar-refractivity contribution in [2.45, 2.75) is 12.1 Å². The van der Waals surface area contributed by atoms with Crippen LogP contribution in [0.2, 0.25) is 0 Å². The van der Waals surface area contributed by atoms with E-state index in [2.05, 4.69) is 0 Å². The van der Waals surface area contributed by atoms with Crippen molar-refractivity contribution < 1.29 is 10.2 Å². The van der Waals surface area contributed by atoms with Crippen LogP contribution in [0.25, 0.3) is 21.5 Å². The zero-order valence-corrected chi connectivity index (χ0v) is 21.8. The van der Waals surface area contributed by atoms with Gasteiger partial charge >= 0.3 is 0 Å². The molecule has 4 heteroatoms. The van der Waals surface area contributed by atoms with Gasteiger partial charge in [-0.15, -0.1) is 0 Å². The summed E-state index contributed by atoms with van der Waals surface area (Å²) in [6.07, 6.45) is 3.52. The van der Waals surface area contributed by atoms with Crippen LogP contribution >= 0.6 is 0 Å². The zero-order chi connectivity index (χ0) is 27.3. The lowest BCUT2D eigenvalue weighted by atomic mass is 9.93. The number of phenols is 2. The Labute approximate surface area is 233 Å². The van der Waals surface area contributed by atoms with Crippen LogP contribution in [0.4, 0.5) is 0 Å². The maximum Gasteiger partial charge on any atom is 0.124 e. The van der Waals surface area contributed by atoms with Gasteiger partial charge in [0.15, 0.2) is 0 Å². The van der Waals surface area contributed by atoms with Crippen LogP contribution in [0.3, 0.4) is 0 Å². The summed E-state index contributed by atoms with van der Waals surface area (Å²) in [6.45, 7) is 0. The molecule has 2 N–H and O–H groups in total. The van der Waals surface area contributed by atoms with Gasteiger partial charge in [0.2, 0.25) is 0 Å². The van der Waals surface area contributed by atoms with Crippen molar-refractivity contribution in [3.8, 4) is 11.5 Å². The quantitative estimate of drug-likeness (QED) is 0.208. The Hall–Kier alpha value is -5.22. The van der Waals surface area contributed by atoms with Crippen molar-refractivity contribution in [3.63, 3.8) is 0 Å². The van der Waals surface area contributed by atoms with Crippen LogP contribution in [0, 0.1) is 0 Å². The van der Waals surface area contributed by atoms with Gasteiger partial charge in [-0.2, -0.15) is 0 Å². The molecule has 6 aromatic rings. The van der Waals surface area contributed by atoms with Crippen LogP contribution < -0.4 is 0 Å². The van der Waals surface area contributed by atoms with Crippen molar-refractivity contribution in [1.29, 1.82) is 0 Å². The minimum Gasteiger partial charge on any atom is -0.507 e. The first-order chi connectivity index (χ1) is 19.7. The number of benzene rings is 6. The summed E-state index contributed by atoms with van der Waals surface area (Å²) in [5.41, 5.74) is 3.32. The average molecular weight is 521 g/mol. The maximum atomic E-state index is 10.8. The molecule has 0 aliphatic rings. The Morgan fingerprint density at radius 3 is 1.23 bits per heavy atom. The Morgan fingerprint density at radius 1 is 0.425 bits per heavy atom. The Balaban J connectivity index is 1.50. The fraction of sp³-hybridized carbons (Fsp3) is 0.0556. The molecule has 0 aliphatic heterocycles. The molecule has 0 spiro atoms. The topological polar surface area (TPSA) is 65.2 Å². The number of hydrogen-bond donors (Lipinski definition) is 2. The van der Waals surface area contributed by atoms with Crippen LogP contribution in [0.1, 0.15) is 34.3 Å². The number of phenolic OH excluding ortho intramolecular Hbond substituents is 2. The third-order valence-corrected chi connectivity index (χ3v) is 7.21. The Morgan fingerprint density at radius 2 is 0.800 bits per heavy atom. The van der Waals surface area contributed by atoms with E-state index < -0.39 is 12.1 Å². The third-order valence-electron chi connectivity index (χ3n) is 7.21. The van der Waals surface area contributed by atoms with Crippen molar-refractivity contribution in [2.75, 3.05) is 0 Å². The molecule has 4 nitrogen and oxygen atoms in total. The molecule has 0 fully saturated rings. The van der Waals surface area contributed by atoms with E-state index in [9.17, 15) is 10.2 Å². The highest BCUT2D eigenvalue weighted by molar-refractivity contribution is 6.03. The smallest absolute Gasteiger partial charge is 0.124 e. The van der Waals surface area contributed by atoms with Gasteiger partial charge in [-0.05, 0) is 44.8 Å². The molecule has 0 unspecified atom stereocenters. The summed E-state index contributed by atoms with van der Waals surface area (Å²) < 4.78 is 0. The van der Waals surface area contributed by atoms with Gasteiger partial charge in [-0.1, -0.05) is 121 Å². The number of nitrogens with zero attached hydrogens (tertiary/aromatic N) is 2. The fourth-order valence-electron chi connectivity index (χ4n) is 5.15. The SMILES string of the molecule is Oc1ccc2ccccc2c1C=N[C@H](c1ccccc1)[C@@H](N=Cc1c(O)ccc2ccccc12)c1ccccc1. The number of aliphatic imine (C=N–C) groups is 2. The predicted octanol–water partition coefficient (Wildman–Crippen LogP) is 8.42. The highest BCUT2D eigenvalue weighted by atomic mass is 16.3. The number of fused-ring (bicyclic) bond motifs is 2. The monoisotopic (exact) mass is 520 g/mol. The molecule has 194 valence electrons. The van der Waals surface area contributed by atoms with Crippen molar-refractivity contribution >= 4 is 34.0 Å². The van der Waals surface area contributed by atoms with Crippen LogP contribution in [0.5, 0.6) is 11.5 Å². The van der Waals surface area contributed by atoms with Gasteiger partial charge in [-0.25, -0.2) is 0 Å². The van der Waals surface area contributed by atoms with Crippen LogP contribution in [-0.4, -0.2) is 22.6 Å². The summed E-state index contributed by atoms with van der Waals surface area (Å²) in [5, 5.41) is 25.5. The lowest BCUT2D eigenvalue weighted by molar-refractivity contribution is 0.474. The van der Waals surface area contributed by atoms with E-state index in [1.165, 1.54) is 0 Å². The third kappa shape index (κ3) is 5.07. The molecule has 0 bridgehead atoms. The fourth-order valence-corrected chi connectivity index (χ4v) is 5.15. The molecule has 0 amide bonds. The molecule has 0 saturated carbocycles. The molecule has 40 heavy (non-hydrogen) atoms. The summed E-state index contributed by atoms with van der Waals surface area (Å²) in [4.78, 5) is 10.2. The van der Waals surface area contributed by atoms with Gasteiger partial charge in [0.25, 0.3) is 0 Å². The summed E-state index contributed by atoms with van der Waals surface area (Å²) in [7, 11) is 0. The second kappa shape index (κ2) is 11.3. The lowest BCUT2D eigenvalue weighted by Gasteiger charge is -2.22. The minimum absolute atomic E-state index is 0.176. The summed E-state index contributed by atoms with van der Waals surface area (Å²) in [6, 6.07) is 42.5. The minimum atomic E-state index is -0.393. The molecule has 0 aliphatic carbocycles. The van der Waals surface area contributed by atoms with Gasteiger partial charge in [-0.3, -0.25) is 9.98 Å². The van der Waals surface area contributed by atoms with E-state index in [1.54, 1.807) is 24.6 Å². The molecule has 0 radical (unpaired) electrons. The standard InChI is InChI=1S/C36H28N2O2/c39-33-21-19-25-11-7-9-17-29(25)31(33)23-37-35(27-13-3-1-4-14-27)36(28-15-5-2-6-16-28)38-24-32-30-18-10-8-12-26(30)20-22-34(32)40/h1-24,35-36,39-40H/t35-,36+. The van der Waals surface area contributed by atoms with Crippen molar-refractivity contribution in [3.05, 3.63) is 156 Å². The van der Waals surface area contributed by atoms with Crippen molar-refractivity contribution in [1.82, 2.24) is 0 Å². The van der Waals surface area contributed by atoms with E-state index in [-0.39, 0.29) is 11.5 Å². The molecule has 6 rings (SSSR count). The molecule has 2 atom stereocenters. The first-order valence-corrected chi connectivity index (χ1v) is 13.3. The van der Waals surface area contributed by atoms with E-state index in [1.807, 2.05) is 121 Å². The van der Waals surface area contributed by atoms with Gasteiger partial charge in [0.05, 0.1) is 0 Å². The molecule has 0 heterocycles. The Bertz CT molecular complexity index is 1690. The zero-order valence-electron chi connectivity index (χ0n) is 21.8. The number of hydrogen-bond acceptors (Lipinski definition) is 4. The molecular weight excluding hydrogens is 492 g/mol. The number of rotatable bonds is 7. The highest BCUT2D eigenvalue weighted by Gasteiger charge is 2.24. The second-order valence-corrected chi connectivity index (χ2v) is 9.71. The Kier molecular flexibility index (Phi) is 7.06. The maximum absolute atomic E-state index is 10.8. The highest BCUT2D eigenvalue weighted by Crippen LogP contribution is 2.37. The van der Waals surface area contributed by atoms with Crippen molar-refractivity contribution in [2.24, 2.45) is 9.98 Å². The summed E-state index contributed by atoms with van der Waals surface area (Å²) >= 11 is 0. The van der Waals surface area contributed by atoms with Crippen LogP contribution in [0.15, 0.2) is 143 Å². The van der Waals surface area contributed by atoms with Gasteiger partial charge < -0.3 is 10.2 Å². The van der Waals surface area contributed by atoms with E-state index in [4.69, 9.17) is 9.98 Å². The van der Waals surface area contributed by atoms with Gasteiger partial charge in [0, 0.05) is 23.6 Å². The number of aromatic hydroxyl groups is 2. The van der Waals surface area contributed by atoms with Crippen LogP contribution in [-0.2, 0) is 0 Å². The second-order valence-electron chi connectivity index (χ2n) is 9.71. The molecule has 6 aromatic carbocycles. The van der Waals surface area contributed by atoms with E-state index in [0.29, 0.717) is 11.1 Å². The largest absolute Gasteiger partial charge is 0.507 e. The lowest BCUT2D eigenvalue weighted by Crippen LogP contribution is -2.09. The molecule has 0 saturated heterocycles. The first kappa shape index (κ1) is 25.1. The molecular formula is C36H28N2O2. The normalized spacial score (nSPS) is 13.3. The molecule has 0 aromatic heterocycles. The van der Waals surface area contributed by atoms with E-state index in [0.717, 1.165) is 32.7 Å². The van der Waals surface area contributed by atoms with Gasteiger partial charge in [0.1, 0.15) is 23.6 Å². The van der Waals surface area contributed by atoms with E-state index >= 15 is 0 Å². The first-order valence-electron chi connectivity index (χ1n) is 13.3.